The zero-order valence-corrected chi connectivity index (χ0v) is 12.4. The fraction of sp³-hybridized carbons (Fsp3) is 0.429. The highest BCUT2D eigenvalue weighted by Gasteiger charge is 2.17. The first-order valence-electron chi connectivity index (χ1n) is 5.94. The van der Waals surface area contributed by atoms with E-state index in [4.69, 9.17) is 21.8 Å². The van der Waals surface area contributed by atoms with E-state index < -0.39 is 0 Å². The Morgan fingerprint density at radius 1 is 1.39 bits per heavy atom. The van der Waals surface area contributed by atoms with Gasteiger partial charge in [0.15, 0.2) is 5.58 Å². The van der Waals surface area contributed by atoms with Crippen LogP contribution in [0.4, 0.5) is 0 Å². The van der Waals surface area contributed by atoms with Crippen molar-refractivity contribution in [2.45, 2.75) is 31.6 Å². The summed E-state index contributed by atoms with van der Waals surface area (Å²) in [6.07, 6.45) is 0. The van der Waals surface area contributed by atoms with E-state index in [2.05, 4.69) is 20.8 Å². The second-order valence-corrected chi connectivity index (χ2v) is 7.59. The molecule has 4 heteroatoms. The number of thioether (sulfide) groups is 1. The molecule has 0 saturated carbocycles. The lowest BCUT2D eigenvalue weighted by Gasteiger charge is -2.19. The Morgan fingerprint density at radius 3 is 2.72 bits per heavy atom. The second kappa shape index (κ2) is 5.16. The molecule has 2 N–H and O–H groups in total. The van der Waals surface area contributed by atoms with Crippen molar-refractivity contribution >= 4 is 34.3 Å². The zero-order chi connectivity index (χ0) is 13.3. The summed E-state index contributed by atoms with van der Waals surface area (Å²) in [5.41, 5.74) is 6.89. The molecule has 1 unspecified atom stereocenters. The minimum Gasteiger partial charge on any atom is -0.458 e. The van der Waals surface area contributed by atoms with Gasteiger partial charge in [0.2, 0.25) is 0 Å². The maximum absolute atomic E-state index is 6.16. The molecule has 98 valence electrons. The number of furan rings is 1. The van der Waals surface area contributed by atoms with Crippen LogP contribution in [0, 0.1) is 0 Å². The monoisotopic (exact) mass is 283 g/mol. The van der Waals surface area contributed by atoms with Crippen LogP contribution in [0.15, 0.2) is 28.7 Å². The topological polar surface area (TPSA) is 39.2 Å². The number of benzene rings is 1. The van der Waals surface area contributed by atoms with E-state index in [1.54, 1.807) is 0 Å². The lowest BCUT2D eigenvalue weighted by Crippen LogP contribution is -2.17. The molecule has 1 aromatic carbocycles. The van der Waals surface area contributed by atoms with Gasteiger partial charge in [0.05, 0.1) is 11.1 Å². The third-order valence-corrected chi connectivity index (χ3v) is 4.27. The minimum atomic E-state index is -0.0994. The van der Waals surface area contributed by atoms with Crippen LogP contribution in [0.1, 0.15) is 32.6 Å². The van der Waals surface area contributed by atoms with Gasteiger partial charge >= 0.3 is 0 Å². The molecular weight excluding hydrogens is 266 g/mol. The van der Waals surface area contributed by atoms with Gasteiger partial charge in [0.25, 0.3) is 0 Å². The number of hydrogen-bond acceptors (Lipinski definition) is 3. The van der Waals surface area contributed by atoms with Crippen LogP contribution in [-0.4, -0.2) is 10.5 Å². The average molecular weight is 284 g/mol. The quantitative estimate of drug-likeness (QED) is 0.893. The van der Waals surface area contributed by atoms with Crippen molar-refractivity contribution in [3.8, 4) is 0 Å². The van der Waals surface area contributed by atoms with E-state index in [1.807, 2.05) is 36.0 Å². The van der Waals surface area contributed by atoms with Crippen molar-refractivity contribution in [2.75, 3.05) is 5.75 Å². The molecule has 0 aliphatic carbocycles. The summed E-state index contributed by atoms with van der Waals surface area (Å²) in [7, 11) is 0. The second-order valence-electron chi connectivity index (χ2n) is 5.34. The summed E-state index contributed by atoms with van der Waals surface area (Å²) < 4.78 is 5.97. The number of para-hydroxylation sites is 1. The summed E-state index contributed by atoms with van der Waals surface area (Å²) in [6, 6.07) is 7.61. The molecule has 0 saturated heterocycles. The molecular formula is C14H18ClNOS. The summed E-state index contributed by atoms with van der Waals surface area (Å²) in [6.45, 7) is 6.54. The van der Waals surface area contributed by atoms with E-state index in [0.29, 0.717) is 5.02 Å². The van der Waals surface area contributed by atoms with E-state index >= 15 is 0 Å². The Labute approximate surface area is 117 Å². The number of rotatable bonds is 3. The highest BCUT2D eigenvalue weighted by Crippen LogP contribution is 2.32. The number of nitrogens with two attached hydrogens (primary N) is 1. The fourth-order valence-corrected chi connectivity index (χ4v) is 2.72. The van der Waals surface area contributed by atoms with Gasteiger partial charge in [-0.2, -0.15) is 11.8 Å². The first-order chi connectivity index (χ1) is 8.37. The van der Waals surface area contributed by atoms with Gasteiger partial charge in [-0.15, -0.1) is 0 Å². The molecule has 0 spiro atoms. The summed E-state index contributed by atoms with van der Waals surface area (Å²) in [5.74, 6) is 1.64. The van der Waals surface area contributed by atoms with Crippen LogP contribution < -0.4 is 5.73 Å². The highest BCUT2D eigenvalue weighted by atomic mass is 35.5. The molecule has 2 aromatic rings. The maximum Gasteiger partial charge on any atom is 0.152 e. The molecule has 0 aliphatic rings. The van der Waals surface area contributed by atoms with Crippen molar-refractivity contribution in [3.05, 3.63) is 35.0 Å². The van der Waals surface area contributed by atoms with Crippen LogP contribution >= 0.6 is 23.4 Å². The maximum atomic E-state index is 6.16. The molecule has 2 nitrogen and oxygen atoms in total. The van der Waals surface area contributed by atoms with Gasteiger partial charge in [-0.1, -0.05) is 44.5 Å². The minimum absolute atomic E-state index is 0.0994. The van der Waals surface area contributed by atoms with Crippen LogP contribution in [0.3, 0.4) is 0 Å². The summed E-state index contributed by atoms with van der Waals surface area (Å²) >= 11 is 7.92. The first-order valence-corrected chi connectivity index (χ1v) is 7.31. The van der Waals surface area contributed by atoms with Crippen LogP contribution in [0.2, 0.25) is 5.02 Å². The van der Waals surface area contributed by atoms with Crippen molar-refractivity contribution in [3.63, 3.8) is 0 Å². The molecule has 0 bridgehead atoms. The van der Waals surface area contributed by atoms with E-state index in [1.165, 1.54) is 0 Å². The Morgan fingerprint density at radius 2 is 2.11 bits per heavy atom. The van der Waals surface area contributed by atoms with Crippen molar-refractivity contribution in [1.82, 2.24) is 0 Å². The first kappa shape index (κ1) is 13.8. The third kappa shape index (κ3) is 3.22. The lowest BCUT2D eigenvalue weighted by atomic mass is 10.2. The van der Waals surface area contributed by atoms with Gasteiger partial charge in [0.1, 0.15) is 5.76 Å². The van der Waals surface area contributed by atoms with E-state index in [9.17, 15) is 0 Å². The number of halogens is 1. The average Bonchev–Trinajstić information content (AvgIpc) is 2.70. The smallest absolute Gasteiger partial charge is 0.152 e. The molecule has 0 aliphatic heterocycles. The van der Waals surface area contributed by atoms with Crippen LogP contribution in [0.5, 0.6) is 0 Å². The SMILES string of the molecule is CC(C)(C)SCC(N)c1cc2cccc(Cl)c2o1. The summed E-state index contributed by atoms with van der Waals surface area (Å²) in [5, 5.41) is 1.64. The van der Waals surface area contributed by atoms with Crippen LogP contribution in [-0.2, 0) is 0 Å². The van der Waals surface area contributed by atoms with Crippen molar-refractivity contribution in [2.24, 2.45) is 5.73 Å². The molecule has 1 heterocycles. The van der Waals surface area contributed by atoms with Crippen molar-refractivity contribution in [1.29, 1.82) is 0 Å². The molecule has 1 aromatic heterocycles. The molecule has 0 fully saturated rings. The van der Waals surface area contributed by atoms with E-state index in [0.717, 1.165) is 22.5 Å². The summed E-state index contributed by atoms with van der Waals surface area (Å²) in [4.78, 5) is 0. The predicted octanol–water partition coefficient (Wildman–Crippen LogP) is 4.62. The third-order valence-electron chi connectivity index (χ3n) is 2.58. The normalized spacial score (nSPS) is 14.1. The molecule has 0 radical (unpaired) electrons. The zero-order valence-electron chi connectivity index (χ0n) is 10.9. The van der Waals surface area contributed by atoms with Gasteiger partial charge in [-0.25, -0.2) is 0 Å². The Bertz CT molecular complexity index is 544. The Hall–Kier alpha value is -0.640. The Kier molecular flexibility index (Phi) is 3.95. The lowest BCUT2D eigenvalue weighted by molar-refractivity contribution is 0.515. The molecule has 1 atom stereocenters. The number of fused-ring (bicyclic) bond motifs is 1. The Balaban J connectivity index is 2.18. The van der Waals surface area contributed by atoms with Gasteiger partial charge in [-0.3, -0.25) is 0 Å². The van der Waals surface area contributed by atoms with Gasteiger partial charge in [0, 0.05) is 15.9 Å². The van der Waals surface area contributed by atoms with Gasteiger partial charge < -0.3 is 10.2 Å². The largest absolute Gasteiger partial charge is 0.458 e. The van der Waals surface area contributed by atoms with E-state index in [-0.39, 0.29) is 10.8 Å². The molecule has 2 rings (SSSR count). The molecule has 0 amide bonds. The van der Waals surface area contributed by atoms with Crippen molar-refractivity contribution < 1.29 is 4.42 Å². The fourth-order valence-electron chi connectivity index (χ4n) is 1.65. The highest BCUT2D eigenvalue weighted by molar-refractivity contribution is 8.00. The van der Waals surface area contributed by atoms with Crippen LogP contribution in [0.25, 0.3) is 11.0 Å². The molecule has 18 heavy (non-hydrogen) atoms. The number of hydrogen-bond donors (Lipinski definition) is 1. The standard InChI is InChI=1S/C14H18ClNOS/c1-14(2,3)18-8-11(16)12-7-9-5-4-6-10(15)13(9)17-12/h4-7,11H,8,16H2,1-3H3. The predicted molar refractivity (Wildman–Crippen MR) is 80.4 cm³/mol. The van der Waals surface area contributed by atoms with Gasteiger partial charge in [-0.05, 0) is 12.1 Å².